The van der Waals surface area contributed by atoms with Crippen LogP contribution in [-0.2, 0) is 14.3 Å². The summed E-state index contributed by atoms with van der Waals surface area (Å²) in [5.41, 5.74) is 5.86. The van der Waals surface area contributed by atoms with Crippen molar-refractivity contribution in [3.8, 4) is 11.1 Å². The third-order valence-electron chi connectivity index (χ3n) is 6.12. The summed E-state index contributed by atoms with van der Waals surface area (Å²) in [6, 6.07) is 22.1. The molecule has 3 aromatic rings. The molecule has 0 aromatic heterocycles. The van der Waals surface area contributed by atoms with Gasteiger partial charge in [0.25, 0.3) is 0 Å². The maximum absolute atomic E-state index is 12.5. The fourth-order valence-electron chi connectivity index (χ4n) is 4.16. The molecular formula is C27H26N2O5. The van der Waals surface area contributed by atoms with Gasteiger partial charge in [0.15, 0.2) is 0 Å². The lowest BCUT2D eigenvalue weighted by molar-refractivity contribution is -0.141. The van der Waals surface area contributed by atoms with Crippen LogP contribution in [0.4, 0.5) is 10.5 Å². The highest BCUT2D eigenvalue weighted by atomic mass is 16.5. The van der Waals surface area contributed by atoms with Crippen molar-refractivity contribution >= 4 is 23.7 Å². The zero-order valence-electron chi connectivity index (χ0n) is 18.9. The quantitative estimate of drug-likeness (QED) is 0.474. The molecule has 3 N–H and O–H groups in total. The third-order valence-corrected chi connectivity index (χ3v) is 6.12. The van der Waals surface area contributed by atoms with Crippen LogP contribution in [0.2, 0.25) is 0 Å². The number of hydrogen-bond acceptors (Lipinski definition) is 4. The van der Waals surface area contributed by atoms with Crippen LogP contribution >= 0.6 is 0 Å². The van der Waals surface area contributed by atoms with Crippen LogP contribution in [0, 0.1) is 0 Å². The van der Waals surface area contributed by atoms with Crippen LogP contribution in [0.15, 0.2) is 72.8 Å². The van der Waals surface area contributed by atoms with E-state index in [1.165, 1.54) is 18.1 Å². The predicted molar refractivity (Wildman–Crippen MR) is 129 cm³/mol. The number of rotatable bonds is 7. The molecule has 2 unspecified atom stereocenters. The molecular weight excluding hydrogens is 432 g/mol. The summed E-state index contributed by atoms with van der Waals surface area (Å²) >= 11 is 0. The number of carbonyl (C=O) groups excluding carboxylic acids is 2. The Bertz CT molecular complexity index is 1180. The fourth-order valence-corrected chi connectivity index (χ4v) is 4.16. The second-order valence-corrected chi connectivity index (χ2v) is 8.36. The van der Waals surface area contributed by atoms with Crippen molar-refractivity contribution in [2.75, 3.05) is 11.9 Å². The summed E-state index contributed by atoms with van der Waals surface area (Å²) < 4.78 is 5.56. The van der Waals surface area contributed by atoms with Crippen molar-refractivity contribution in [2.45, 2.75) is 31.7 Å². The summed E-state index contributed by atoms with van der Waals surface area (Å²) in [5, 5.41) is 14.1. The summed E-state index contributed by atoms with van der Waals surface area (Å²) in [6.07, 6.45) is -0.560. The number of anilines is 1. The lowest BCUT2D eigenvalue weighted by Crippen LogP contribution is -2.40. The Kier molecular flexibility index (Phi) is 6.63. The summed E-state index contributed by atoms with van der Waals surface area (Å²) in [6.45, 7) is 3.32. The van der Waals surface area contributed by atoms with Crippen molar-refractivity contribution in [3.05, 3.63) is 89.5 Å². The van der Waals surface area contributed by atoms with Gasteiger partial charge in [-0.3, -0.25) is 14.9 Å². The summed E-state index contributed by atoms with van der Waals surface area (Å²) in [5.74, 6) is -2.03. The van der Waals surface area contributed by atoms with E-state index in [2.05, 4.69) is 34.9 Å². The number of benzene rings is 3. The largest absolute Gasteiger partial charge is 0.480 e. The van der Waals surface area contributed by atoms with Gasteiger partial charge in [-0.25, -0.2) is 4.79 Å². The number of carboxylic acid groups (broad SMARTS) is 1. The van der Waals surface area contributed by atoms with Gasteiger partial charge in [0.1, 0.15) is 12.6 Å². The number of nitrogens with one attached hydrogen (secondary N) is 2. The smallest absolute Gasteiger partial charge is 0.411 e. The lowest BCUT2D eigenvalue weighted by atomic mass is 9.98. The summed E-state index contributed by atoms with van der Waals surface area (Å²) in [7, 11) is 0. The van der Waals surface area contributed by atoms with Gasteiger partial charge in [-0.15, -0.1) is 0 Å². The van der Waals surface area contributed by atoms with E-state index in [0.717, 1.165) is 11.1 Å². The molecule has 0 aliphatic heterocycles. The van der Waals surface area contributed by atoms with E-state index in [9.17, 15) is 14.4 Å². The molecule has 7 heteroatoms. The Hall–Kier alpha value is -4.13. The molecule has 174 valence electrons. The van der Waals surface area contributed by atoms with Gasteiger partial charge in [-0.2, -0.15) is 0 Å². The van der Waals surface area contributed by atoms with E-state index in [1.807, 2.05) is 24.3 Å². The second kappa shape index (κ2) is 9.79. The van der Waals surface area contributed by atoms with E-state index < -0.39 is 24.0 Å². The van der Waals surface area contributed by atoms with E-state index in [0.29, 0.717) is 11.3 Å². The van der Waals surface area contributed by atoms with Gasteiger partial charge in [0, 0.05) is 11.6 Å². The minimum atomic E-state index is -1.09. The molecule has 0 spiro atoms. The number of amides is 2. The first-order chi connectivity index (χ1) is 16.3. The molecule has 2 amide bonds. The van der Waals surface area contributed by atoms with Crippen LogP contribution in [-0.4, -0.2) is 35.7 Å². The predicted octanol–water partition coefficient (Wildman–Crippen LogP) is 4.74. The van der Waals surface area contributed by atoms with Crippen LogP contribution in [0.1, 0.15) is 42.4 Å². The molecule has 0 heterocycles. The topological polar surface area (TPSA) is 105 Å². The standard InChI is InChI=1S/C27H26N2O5/c1-16(25(30)28-17(2)26(31)32)18-11-13-19(14-12-18)29-27(33)34-15-24-22-9-5-3-7-20(22)21-8-4-6-10-23(21)24/h3-14,16-17,24H,15H2,1-2H3,(H,28,30)(H,29,33)(H,31,32). The Labute approximate surface area is 197 Å². The SMILES string of the molecule is CC(NC(=O)C(C)c1ccc(NC(=O)OCC2c3ccccc3-c3ccccc32)cc1)C(=O)O. The number of fused-ring (bicyclic) bond motifs is 3. The first-order valence-corrected chi connectivity index (χ1v) is 11.1. The average molecular weight is 459 g/mol. The zero-order chi connectivity index (χ0) is 24.2. The Morgan fingerprint density at radius 2 is 1.44 bits per heavy atom. The number of carboxylic acids is 1. The Morgan fingerprint density at radius 3 is 2.00 bits per heavy atom. The molecule has 7 nitrogen and oxygen atoms in total. The minimum Gasteiger partial charge on any atom is -0.480 e. The van der Waals surface area contributed by atoms with Crippen LogP contribution in [0.5, 0.6) is 0 Å². The highest BCUT2D eigenvalue weighted by molar-refractivity contribution is 5.88. The Morgan fingerprint density at radius 1 is 0.882 bits per heavy atom. The number of hydrogen-bond donors (Lipinski definition) is 3. The molecule has 1 aliphatic carbocycles. The van der Waals surface area contributed by atoms with Crippen LogP contribution in [0.3, 0.4) is 0 Å². The minimum absolute atomic E-state index is 0.0203. The highest BCUT2D eigenvalue weighted by Crippen LogP contribution is 2.44. The number of carbonyl (C=O) groups is 3. The molecule has 0 fully saturated rings. The maximum atomic E-state index is 12.5. The van der Waals surface area contributed by atoms with Gasteiger partial charge in [-0.05, 0) is 53.8 Å². The first-order valence-electron chi connectivity index (χ1n) is 11.1. The van der Waals surface area contributed by atoms with E-state index in [-0.39, 0.29) is 18.4 Å². The van der Waals surface area contributed by atoms with Gasteiger partial charge < -0.3 is 15.2 Å². The number of ether oxygens (including phenoxy) is 1. The Balaban J connectivity index is 1.35. The number of aliphatic carboxylic acids is 1. The van der Waals surface area contributed by atoms with E-state index in [1.54, 1.807) is 31.2 Å². The van der Waals surface area contributed by atoms with E-state index in [4.69, 9.17) is 9.84 Å². The average Bonchev–Trinajstić information content (AvgIpc) is 3.16. The molecule has 3 aromatic carbocycles. The van der Waals surface area contributed by atoms with Crippen molar-refractivity contribution in [1.29, 1.82) is 0 Å². The van der Waals surface area contributed by atoms with E-state index >= 15 is 0 Å². The normalized spacial score (nSPS) is 13.8. The van der Waals surface area contributed by atoms with Gasteiger partial charge in [0.05, 0.1) is 5.92 Å². The van der Waals surface area contributed by atoms with Crippen LogP contribution < -0.4 is 10.6 Å². The van der Waals surface area contributed by atoms with Crippen molar-refractivity contribution in [1.82, 2.24) is 5.32 Å². The lowest BCUT2D eigenvalue weighted by Gasteiger charge is -2.16. The molecule has 0 saturated heterocycles. The molecule has 1 aliphatic rings. The summed E-state index contributed by atoms with van der Waals surface area (Å²) in [4.78, 5) is 35.6. The van der Waals surface area contributed by atoms with Crippen molar-refractivity contribution < 1.29 is 24.2 Å². The van der Waals surface area contributed by atoms with Gasteiger partial charge in [-0.1, -0.05) is 60.7 Å². The van der Waals surface area contributed by atoms with Gasteiger partial charge in [0.2, 0.25) is 5.91 Å². The fraction of sp³-hybridized carbons (Fsp3) is 0.222. The third kappa shape index (κ3) is 4.78. The highest BCUT2D eigenvalue weighted by Gasteiger charge is 2.29. The molecule has 0 bridgehead atoms. The van der Waals surface area contributed by atoms with Crippen molar-refractivity contribution in [3.63, 3.8) is 0 Å². The maximum Gasteiger partial charge on any atom is 0.411 e. The second-order valence-electron chi connectivity index (χ2n) is 8.36. The van der Waals surface area contributed by atoms with Crippen molar-refractivity contribution in [2.24, 2.45) is 0 Å². The molecule has 0 saturated carbocycles. The molecule has 0 radical (unpaired) electrons. The van der Waals surface area contributed by atoms with Crippen LogP contribution in [0.25, 0.3) is 11.1 Å². The first kappa shape index (κ1) is 23.0. The van der Waals surface area contributed by atoms with Gasteiger partial charge >= 0.3 is 12.1 Å². The zero-order valence-corrected chi connectivity index (χ0v) is 18.9. The monoisotopic (exact) mass is 458 g/mol. The molecule has 34 heavy (non-hydrogen) atoms. The molecule has 4 rings (SSSR count). The molecule has 2 atom stereocenters.